The van der Waals surface area contributed by atoms with Gasteiger partial charge in [0.05, 0.1) is 18.1 Å². The van der Waals surface area contributed by atoms with Crippen molar-refractivity contribution in [2.45, 2.75) is 44.6 Å². The maximum Gasteiger partial charge on any atom is 0.258 e. The summed E-state index contributed by atoms with van der Waals surface area (Å²) in [6.07, 6.45) is 1.92. The molecular formula is C18H28N2O5S. The van der Waals surface area contributed by atoms with Gasteiger partial charge in [0, 0.05) is 19.1 Å². The van der Waals surface area contributed by atoms with Crippen LogP contribution in [-0.4, -0.2) is 57.6 Å². The van der Waals surface area contributed by atoms with Crippen LogP contribution in [-0.2, 0) is 19.6 Å². The molecule has 7 nitrogen and oxygen atoms in total. The molecule has 8 heteroatoms. The maximum absolute atomic E-state index is 12.7. The number of amides is 1. The van der Waals surface area contributed by atoms with E-state index in [0.717, 1.165) is 12.8 Å². The van der Waals surface area contributed by atoms with Gasteiger partial charge in [-0.25, -0.2) is 8.42 Å². The monoisotopic (exact) mass is 384 g/mol. The van der Waals surface area contributed by atoms with E-state index in [1.165, 1.54) is 10.4 Å². The molecular weight excluding hydrogens is 356 g/mol. The van der Waals surface area contributed by atoms with Crippen molar-refractivity contribution in [2.75, 3.05) is 32.9 Å². The van der Waals surface area contributed by atoms with Crippen molar-refractivity contribution in [1.29, 1.82) is 0 Å². The van der Waals surface area contributed by atoms with Crippen molar-refractivity contribution < 1.29 is 22.7 Å². The number of hydrogen-bond donors (Lipinski definition) is 1. The van der Waals surface area contributed by atoms with Crippen molar-refractivity contribution in [3.63, 3.8) is 0 Å². The minimum absolute atomic E-state index is 0.0928. The Morgan fingerprint density at radius 3 is 2.65 bits per heavy atom. The molecule has 26 heavy (non-hydrogen) atoms. The Hall–Kier alpha value is -1.64. The van der Waals surface area contributed by atoms with Crippen molar-refractivity contribution in [3.8, 4) is 5.75 Å². The zero-order valence-corrected chi connectivity index (χ0v) is 16.5. The zero-order chi connectivity index (χ0) is 19.2. The number of sulfonamides is 1. The molecule has 1 aromatic carbocycles. The number of aryl methyl sites for hydroxylation is 1. The third-order valence-corrected chi connectivity index (χ3v) is 6.14. The average Bonchev–Trinajstić information content (AvgIpc) is 2.61. The van der Waals surface area contributed by atoms with Crippen LogP contribution in [0.5, 0.6) is 5.75 Å². The predicted octanol–water partition coefficient (Wildman–Crippen LogP) is 1.70. The van der Waals surface area contributed by atoms with Crippen molar-refractivity contribution in [3.05, 3.63) is 23.8 Å². The number of morpholine rings is 1. The zero-order valence-electron chi connectivity index (χ0n) is 15.7. The number of carbonyl (C=O) groups excluding carboxylic acids is 1. The van der Waals surface area contributed by atoms with Gasteiger partial charge in [0.25, 0.3) is 5.91 Å². The highest BCUT2D eigenvalue weighted by Crippen LogP contribution is 2.24. The van der Waals surface area contributed by atoms with Crippen LogP contribution in [0.2, 0.25) is 0 Å². The summed E-state index contributed by atoms with van der Waals surface area (Å²) in [7, 11) is -3.54. The van der Waals surface area contributed by atoms with E-state index >= 15 is 0 Å². The van der Waals surface area contributed by atoms with Crippen LogP contribution in [0.3, 0.4) is 0 Å². The van der Waals surface area contributed by atoms with Gasteiger partial charge in [-0.1, -0.05) is 13.3 Å². The fourth-order valence-corrected chi connectivity index (χ4v) is 4.34. The smallest absolute Gasteiger partial charge is 0.258 e. The Labute approximate surface area is 155 Å². The van der Waals surface area contributed by atoms with Crippen molar-refractivity contribution in [2.24, 2.45) is 0 Å². The molecule has 1 aliphatic heterocycles. The fourth-order valence-electron chi connectivity index (χ4n) is 2.85. The number of ether oxygens (including phenoxy) is 2. The topological polar surface area (TPSA) is 84.9 Å². The van der Waals surface area contributed by atoms with Gasteiger partial charge in [-0.05, 0) is 44.0 Å². The first-order valence-corrected chi connectivity index (χ1v) is 10.4. The van der Waals surface area contributed by atoms with Gasteiger partial charge in [-0.15, -0.1) is 0 Å². The summed E-state index contributed by atoms with van der Waals surface area (Å²) in [5.74, 6) is 0.319. The van der Waals surface area contributed by atoms with E-state index < -0.39 is 10.0 Å². The molecule has 0 aliphatic carbocycles. The second-order valence-corrected chi connectivity index (χ2v) is 8.43. The first-order chi connectivity index (χ1) is 12.3. The van der Waals surface area contributed by atoms with Crippen LogP contribution in [0.25, 0.3) is 0 Å². The minimum Gasteiger partial charge on any atom is -0.484 e. The number of nitrogens with zero attached hydrogens (tertiary/aromatic N) is 1. The van der Waals surface area contributed by atoms with Gasteiger partial charge in [0.1, 0.15) is 5.75 Å². The lowest BCUT2D eigenvalue weighted by Gasteiger charge is -2.26. The average molecular weight is 384 g/mol. The number of benzene rings is 1. The molecule has 2 rings (SSSR count). The summed E-state index contributed by atoms with van der Waals surface area (Å²) < 4.78 is 37.5. The molecule has 0 saturated carbocycles. The minimum atomic E-state index is -3.54. The standard InChI is InChI=1S/C18H28N2O5S/c1-4-5-15(3)19-18(21)13-25-17-7-6-16(12-14(17)2)26(22,23)20-8-10-24-11-9-20/h6-7,12,15H,4-5,8-11,13H2,1-3H3,(H,19,21)/t15-/m0/s1. The van der Waals surface area contributed by atoms with Crippen LogP contribution in [0.1, 0.15) is 32.3 Å². The Balaban J connectivity index is 1.99. The molecule has 0 spiro atoms. The van der Waals surface area contributed by atoms with E-state index in [1.54, 1.807) is 19.1 Å². The third-order valence-electron chi connectivity index (χ3n) is 4.24. The summed E-state index contributed by atoms with van der Waals surface area (Å²) in [6, 6.07) is 4.81. The number of carbonyl (C=O) groups is 1. The SMILES string of the molecule is CCC[C@H](C)NC(=O)COc1ccc(S(=O)(=O)N2CCOCC2)cc1C. The van der Waals surface area contributed by atoms with Gasteiger partial charge in [0.15, 0.2) is 6.61 Å². The highest BCUT2D eigenvalue weighted by atomic mass is 32.2. The molecule has 1 N–H and O–H groups in total. The first kappa shape index (κ1) is 20.7. The summed E-state index contributed by atoms with van der Waals surface area (Å²) in [4.78, 5) is 12.1. The molecule has 0 radical (unpaired) electrons. The lowest BCUT2D eigenvalue weighted by Crippen LogP contribution is -2.40. The molecule has 0 unspecified atom stereocenters. The van der Waals surface area contributed by atoms with E-state index in [-0.39, 0.29) is 23.5 Å². The van der Waals surface area contributed by atoms with Gasteiger partial charge in [-0.3, -0.25) is 4.79 Å². The molecule has 1 fully saturated rings. The third kappa shape index (κ3) is 5.43. The molecule has 1 heterocycles. The maximum atomic E-state index is 12.7. The number of hydrogen-bond acceptors (Lipinski definition) is 5. The quantitative estimate of drug-likeness (QED) is 0.737. The van der Waals surface area contributed by atoms with E-state index in [4.69, 9.17) is 9.47 Å². The Morgan fingerprint density at radius 1 is 1.35 bits per heavy atom. The summed E-state index contributed by atoms with van der Waals surface area (Å²) in [5.41, 5.74) is 0.675. The van der Waals surface area contributed by atoms with Crippen LogP contribution in [0, 0.1) is 6.92 Å². The largest absolute Gasteiger partial charge is 0.484 e. The Morgan fingerprint density at radius 2 is 2.04 bits per heavy atom. The van der Waals surface area contributed by atoms with E-state index in [2.05, 4.69) is 12.2 Å². The number of rotatable bonds is 8. The van der Waals surface area contributed by atoms with Crippen molar-refractivity contribution in [1.82, 2.24) is 9.62 Å². The molecule has 0 aromatic heterocycles. The lowest BCUT2D eigenvalue weighted by molar-refractivity contribution is -0.123. The first-order valence-electron chi connectivity index (χ1n) is 8.95. The van der Waals surface area contributed by atoms with Gasteiger partial charge in [0.2, 0.25) is 10.0 Å². The predicted molar refractivity (Wildman–Crippen MR) is 98.8 cm³/mol. The van der Waals surface area contributed by atoms with Gasteiger partial charge < -0.3 is 14.8 Å². The van der Waals surface area contributed by atoms with Crippen LogP contribution in [0.4, 0.5) is 0 Å². The van der Waals surface area contributed by atoms with Gasteiger partial charge >= 0.3 is 0 Å². The van der Waals surface area contributed by atoms with E-state index in [1.807, 2.05) is 6.92 Å². The molecule has 1 atom stereocenters. The Kier molecular flexibility index (Phi) is 7.43. The molecule has 1 saturated heterocycles. The van der Waals surface area contributed by atoms with E-state index in [9.17, 15) is 13.2 Å². The second kappa shape index (κ2) is 9.34. The molecule has 146 valence electrons. The molecule has 1 aliphatic rings. The van der Waals surface area contributed by atoms with Gasteiger partial charge in [-0.2, -0.15) is 4.31 Å². The molecule has 0 bridgehead atoms. The van der Waals surface area contributed by atoms with E-state index in [0.29, 0.717) is 37.6 Å². The normalized spacial score (nSPS) is 16.9. The van der Waals surface area contributed by atoms with Crippen LogP contribution < -0.4 is 10.1 Å². The summed E-state index contributed by atoms with van der Waals surface area (Å²) in [6.45, 7) is 7.23. The fraction of sp³-hybridized carbons (Fsp3) is 0.611. The highest BCUT2D eigenvalue weighted by Gasteiger charge is 2.26. The van der Waals surface area contributed by atoms with Crippen LogP contribution in [0.15, 0.2) is 23.1 Å². The lowest BCUT2D eigenvalue weighted by atomic mass is 10.2. The number of nitrogens with one attached hydrogen (secondary N) is 1. The highest BCUT2D eigenvalue weighted by molar-refractivity contribution is 7.89. The summed E-state index contributed by atoms with van der Waals surface area (Å²) >= 11 is 0. The van der Waals surface area contributed by atoms with Crippen molar-refractivity contribution >= 4 is 15.9 Å². The van der Waals surface area contributed by atoms with Crippen LogP contribution >= 0.6 is 0 Å². The molecule has 1 amide bonds. The second-order valence-electron chi connectivity index (χ2n) is 6.49. The Bertz CT molecular complexity index is 714. The summed E-state index contributed by atoms with van der Waals surface area (Å²) in [5, 5.41) is 2.87. The molecule has 1 aromatic rings.